The van der Waals surface area contributed by atoms with E-state index >= 15 is 0 Å². The normalized spacial score (nSPS) is 10.7. The van der Waals surface area contributed by atoms with Gasteiger partial charge in [0, 0.05) is 19.8 Å². The van der Waals surface area contributed by atoms with Crippen molar-refractivity contribution in [2.24, 2.45) is 0 Å². The first-order valence-corrected chi connectivity index (χ1v) is 9.10. The van der Waals surface area contributed by atoms with Gasteiger partial charge in [-0.05, 0) is 64.4 Å². The molecular formula is C17H19IN2OS. The van der Waals surface area contributed by atoms with Crippen LogP contribution in [0.3, 0.4) is 0 Å². The highest BCUT2D eigenvalue weighted by Gasteiger charge is 2.11. The van der Waals surface area contributed by atoms with Gasteiger partial charge in [0.1, 0.15) is 0 Å². The van der Waals surface area contributed by atoms with Crippen molar-refractivity contribution in [2.45, 2.75) is 24.7 Å². The first-order chi connectivity index (χ1) is 10.5. The van der Waals surface area contributed by atoms with Gasteiger partial charge < -0.3 is 11.1 Å². The van der Waals surface area contributed by atoms with Crippen LogP contribution in [0, 0.1) is 3.57 Å². The molecule has 3 nitrogen and oxygen atoms in total. The summed E-state index contributed by atoms with van der Waals surface area (Å²) in [4.78, 5) is 13.1. The summed E-state index contributed by atoms with van der Waals surface area (Å²) in [6, 6.07) is 13.7. The number of hydrogen-bond acceptors (Lipinski definition) is 3. The predicted octanol–water partition coefficient (Wildman–Crippen LogP) is 4.73. The molecule has 0 saturated carbocycles. The quantitative estimate of drug-likeness (QED) is 0.413. The molecule has 0 unspecified atom stereocenters. The van der Waals surface area contributed by atoms with Gasteiger partial charge in [-0.25, -0.2) is 0 Å². The third-order valence-electron chi connectivity index (χ3n) is 3.19. The van der Waals surface area contributed by atoms with E-state index in [-0.39, 0.29) is 5.91 Å². The molecule has 2 aromatic carbocycles. The van der Waals surface area contributed by atoms with Gasteiger partial charge in [-0.3, -0.25) is 4.79 Å². The lowest BCUT2D eigenvalue weighted by atomic mass is 10.0. The Morgan fingerprint density at radius 2 is 2.00 bits per heavy atom. The SMILES string of the molecule is CC(C)c1cc(I)ccc1NC(=O)CSc1ccccc1N. The second kappa shape index (κ2) is 7.87. The largest absolute Gasteiger partial charge is 0.398 e. The number of rotatable bonds is 5. The number of nitrogens with two attached hydrogens (primary N) is 1. The summed E-state index contributed by atoms with van der Waals surface area (Å²) in [7, 11) is 0. The average Bonchev–Trinajstić information content (AvgIpc) is 2.48. The van der Waals surface area contributed by atoms with Gasteiger partial charge in [0.2, 0.25) is 5.91 Å². The van der Waals surface area contributed by atoms with Crippen molar-refractivity contribution < 1.29 is 4.79 Å². The zero-order valence-corrected chi connectivity index (χ0v) is 15.6. The third kappa shape index (κ3) is 4.64. The van der Waals surface area contributed by atoms with Gasteiger partial charge >= 0.3 is 0 Å². The summed E-state index contributed by atoms with van der Waals surface area (Å²) in [5.41, 5.74) is 8.64. The van der Waals surface area contributed by atoms with E-state index < -0.39 is 0 Å². The van der Waals surface area contributed by atoms with Crippen LogP contribution in [0.2, 0.25) is 0 Å². The predicted molar refractivity (Wildman–Crippen MR) is 103 cm³/mol. The zero-order chi connectivity index (χ0) is 16.1. The molecule has 0 aromatic heterocycles. The summed E-state index contributed by atoms with van der Waals surface area (Å²) >= 11 is 3.74. The van der Waals surface area contributed by atoms with Crippen molar-refractivity contribution in [1.82, 2.24) is 0 Å². The Kier molecular flexibility index (Phi) is 6.14. The van der Waals surface area contributed by atoms with Crippen molar-refractivity contribution in [2.75, 3.05) is 16.8 Å². The minimum absolute atomic E-state index is 0.0173. The summed E-state index contributed by atoms with van der Waals surface area (Å²) in [5, 5.41) is 3.00. The minimum atomic E-state index is -0.0173. The molecular weight excluding hydrogens is 407 g/mol. The molecule has 0 bridgehead atoms. The van der Waals surface area contributed by atoms with E-state index in [4.69, 9.17) is 5.73 Å². The van der Waals surface area contributed by atoms with E-state index in [1.54, 1.807) is 0 Å². The van der Waals surface area contributed by atoms with Gasteiger partial charge in [0.15, 0.2) is 0 Å². The highest BCUT2D eigenvalue weighted by atomic mass is 127. The number of nitrogens with one attached hydrogen (secondary N) is 1. The Labute approximate surface area is 149 Å². The molecule has 0 aliphatic carbocycles. The van der Waals surface area contributed by atoms with E-state index in [2.05, 4.69) is 47.8 Å². The lowest BCUT2D eigenvalue weighted by molar-refractivity contribution is -0.113. The summed E-state index contributed by atoms with van der Waals surface area (Å²) in [6.45, 7) is 4.25. The van der Waals surface area contributed by atoms with Crippen LogP contribution in [-0.2, 0) is 4.79 Å². The smallest absolute Gasteiger partial charge is 0.234 e. The summed E-state index contributed by atoms with van der Waals surface area (Å²) in [5.74, 6) is 0.691. The van der Waals surface area contributed by atoms with Gasteiger partial charge in [-0.2, -0.15) is 0 Å². The first-order valence-electron chi connectivity index (χ1n) is 7.04. The Bertz CT molecular complexity index is 673. The number of carbonyl (C=O) groups excluding carboxylic acids is 1. The van der Waals surface area contributed by atoms with Crippen LogP contribution < -0.4 is 11.1 Å². The molecule has 22 heavy (non-hydrogen) atoms. The number of hydrogen-bond donors (Lipinski definition) is 2. The maximum absolute atomic E-state index is 12.2. The molecule has 2 rings (SSSR count). The van der Waals surface area contributed by atoms with Crippen LogP contribution in [0.4, 0.5) is 11.4 Å². The number of anilines is 2. The van der Waals surface area contributed by atoms with Crippen LogP contribution in [0.5, 0.6) is 0 Å². The fourth-order valence-electron chi connectivity index (χ4n) is 2.07. The lowest BCUT2D eigenvalue weighted by Crippen LogP contribution is -2.15. The van der Waals surface area contributed by atoms with Gasteiger partial charge in [0.25, 0.3) is 0 Å². The second-order valence-corrected chi connectivity index (χ2v) is 7.52. The highest BCUT2D eigenvalue weighted by molar-refractivity contribution is 14.1. The molecule has 0 aliphatic rings. The van der Waals surface area contributed by atoms with Crippen LogP contribution in [0.25, 0.3) is 0 Å². The molecule has 0 radical (unpaired) electrons. The number of para-hydroxylation sites is 1. The second-order valence-electron chi connectivity index (χ2n) is 5.26. The Morgan fingerprint density at radius 1 is 1.27 bits per heavy atom. The molecule has 0 saturated heterocycles. The molecule has 116 valence electrons. The maximum atomic E-state index is 12.2. The van der Waals surface area contributed by atoms with Crippen molar-refractivity contribution in [3.8, 4) is 0 Å². The number of thioether (sulfide) groups is 1. The Morgan fingerprint density at radius 3 is 2.68 bits per heavy atom. The minimum Gasteiger partial charge on any atom is -0.398 e. The lowest BCUT2D eigenvalue weighted by Gasteiger charge is -2.14. The number of benzene rings is 2. The van der Waals surface area contributed by atoms with E-state index in [1.807, 2.05) is 36.4 Å². The van der Waals surface area contributed by atoms with Crippen molar-refractivity contribution in [1.29, 1.82) is 0 Å². The molecule has 0 spiro atoms. The van der Waals surface area contributed by atoms with Crippen molar-refractivity contribution in [3.63, 3.8) is 0 Å². The molecule has 2 aromatic rings. The molecule has 5 heteroatoms. The molecule has 0 fully saturated rings. The van der Waals surface area contributed by atoms with E-state index in [1.165, 1.54) is 15.3 Å². The van der Waals surface area contributed by atoms with Gasteiger partial charge in [-0.15, -0.1) is 11.8 Å². The summed E-state index contributed by atoms with van der Waals surface area (Å²) < 4.78 is 1.17. The first kappa shape index (κ1) is 17.1. The van der Waals surface area contributed by atoms with Crippen LogP contribution in [0.1, 0.15) is 25.3 Å². The fraction of sp³-hybridized carbons (Fsp3) is 0.235. The number of carbonyl (C=O) groups is 1. The maximum Gasteiger partial charge on any atom is 0.234 e. The van der Waals surface area contributed by atoms with Crippen molar-refractivity contribution >= 4 is 51.6 Å². The Hall–Kier alpha value is -1.21. The van der Waals surface area contributed by atoms with Crippen LogP contribution >= 0.6 is 34.4 Å². The number of nitrogen functional groups attached to an aromatic ring is 1. The molecule has 0 aliphatic heterocycles. The van der Waals surface area contributed by atoms with Crippen molar-refractivity contribution in [3.05, 3.63) is 51.6 Å². The zero-order valence-electron chi connectivity index (χ0n) is 12.6. The van der Waals surface area contributed by atoms with E-state index in [0.717, 1.165) is 16.1 Å². The Balaban J connectivity index is 2.02. The number of halogens is 1. The molecule has 3 N–H and O–H groups in total. The number of amides is 1. The standard InChI is InChI=1S/C17H19IN2OS/c1-11(2)13-9-12(18)7-8-15(13)20-17(21)10-22-16-6-4-3-5-14(16)19/h3-9,11H,10,19H2,1-2H3,(H,20,21). The van der Waals surface area contributed by atoms with E-state index in [9.17, 15) is 4.79 Å². The molecule has 1 amide bonds. The molecule has 0 heterocycles. The van der Waals surface area contributed by atoms with Crippen LogP contribution in [0.15, 0.2) is 47.4 Å². The summed E-state index contributed by atoms with van der Waals surface area (Å²) in [6.07, 6.45) is 0. The van der Waals surface area contributed by atoms with E-state index in [0.29, 0.717) is 17.4 Å². The highest BCUT2D eigenvalue weighted by Crippen LogP contribution is 2.27. The van der Waals surface area contributed by atoms with Crippen LogP contribution in [-0.4, -0.2) is 11.7 Å². The third-order valence-corrected chi connectivity index (χ3v) is 4.95. The monoisotopic (exact) mass is 426 g/mol. The topological polar surface area (TPSA) is 55.1 Å². The fourth-order valence-corrected chi connectivity index (χ4v) is 3.35. The average molecular weight is 426 g/mol. The van der Waals surface area contributed by atoms with Gasteiger partial charge in [-0.1, -0.05) is 26.0 Å². The molecule has 0 atom stereocenters. The van der Waals surface area contributed by atoms with Gasteiger partial charge in [0.05, 0.1) is 5.75 Å².